The normalized spacial score (nSPS) is 19.5. The smallest absolute Gasteiger partial charge is 0.255 e. The molecule has 3 heteroatoms. The molecule has 0 radical (unpaired) electrons. The van der Waals surface area contributed by atoms with Crippen molar-refractivity contribution in [2.24, 2.45) is 4.99 Å². The molecule has 0 aromatic carbocycles. The summed E-state index contributed by atoms with van der Waals surface area (Å²) in [5.74, 6) is -0.0574. The highest BCUT2D eigenvalue weighted by atomic mass is 16.2. The van der Waals surface area contributed by atoms with Crippen LogP contribution in [0, 0.1) is 0 Å². The number of carbonyl (C=O) groups excluding carboxylic acids is 1. The van der Waals surface area contributed by atoms with Crippen LogP contribution in [0.4, 0.5) is 0 Å². The van der Waals surface area contributed by atoms with Gasteiger partial charge >= 0.3 is 0 Å². The molecule has 0 aromatic rings. The summed E-state index contributed by atoms with van der Waals surface area (Å²) in [6.45, 7) is 0. The molecule has 0 atom stereocenters. The minimum atomic E-state index is -0.0574. The summed E-state index contributed by atoms with van der Waals surface area (Å²) in [6.07, 6.45) is 13.7. The third kappa shape index (κ3) is 1.49. The quantitative estimate of drug-likeness (QED) is 0.543. The van der Waals surface area contributed by atoms with Gasteiger partial charge in [0.1, 0.15) is 0 Å². The van der Waals surface area contributed by atoms with Crippen LogP contribution >= 0.6 is 0 Å². The number of fused-ring (bicyclic) bond motifs is 1. The summed E-state index contributed by atoms with van der Waals surface area (Å²) in [4.78, 5) is 16.9. The van der Waals surface area contributed by atoms with Crippen LogP contribution in [-0.2, 0) is 4.79 Å². The second kappa shape index (κ2) is 3.23. The number of hydrogen-bond acceptors (Lipinski definition) is 2. The van der Waals surface area contributed by atoms with E-state index in [1.165, 1.54) is 6.08 Å². The molecule has 0 spiro atoms. The fraction of sp³-hybridized carbons (Fsp3) is 0. The van der Waals surface area contributed by atoms with Crippen LogP contribution in [0.15, 0.2) is 53.5 Å². The first-order chi connectivity index (χ1) is 6.38. The molecule has 2 aliphatic rings. The molecule has 0 fully saturated rings. The van der Waals surface area contributed by atoms with Crippen molar-refractivity contribution in [2.45, 2.75) is 0 Å². The van der Waals surface area contributed by atoms with E-state index in [0.717, 1.165) is 5.70 Å². The fourth-order valence-corrected chi connectivity index (χ4v) is 1.13. The molecule has 0 saturated carbocycles. The van der Waals surface area contributed by atoms with Crippen molar-refractivity contribution >= 4 is 12.1 Å². The molecule has 1 amide bonds. The van der Waals surface area contributed by atoms with Gasteiger partial charge in [-0.05, 0) is 6.08 Å². The van der Waals surface area contributed by atoms with E-state index in [9.17, 15) is 4.79 Å². The van der Waals surface area contributed by atoms with Crippen LogP contribution in [-0.4, -0.2) is 17.0 Å². The highest BCUT2D eigenvalue weighted by Gasteiger charge is 2.13. The molecule has 2 aliphatic heterocycles. The number of rotatable bonds is 0. The number of carbonyl (C=O) groups is 1. The summed E-state index contributed by atoms with van der Waals surface area (Å²) in [5, 5.41) is 0. The van der Waals surface area contributed by atoms with E-state index in [-0.39, 0.29) is 5.91 Å². The molecule has 0 aromatic heterocycles. The molecular weight excluding hydrogens is 164 g/mol. The van der Waals surface area contributed by atoms with Crippen molar-refractivity contribution < 1.29 is 4.79 Å². The molecule has 2 rings (SSSR count). The second-order valence-electron chi connectivity index (χ2n) is 2.62. The minimum Gasteiger partial charge on any atom is -0.281 e. The van der Waals surface area contributed by atoms with E-state index in [0.29, 0.717) is 0 Å². The molecule has 2 heterocycles. The van der Waals surface area contributed by atoms with E-state index in [1.54, 1.807) is 29.6 Å². The zero-order valence-corrected chi connectivity index (χ0v) is 6.92. The first-order valence-corrected chi connectivity index (χ1v) is 3.96. The molecule has 3 nitrogen and oxygen atoms in total. The molecule has 0 N–H and O–H groups in total. The first kappa shape index (κ1) is 7.73. The summed E-state index contributed by atoms with van der Waals surface area (Å²) in [7, 11) is 0. The molecule has 0 unspecified atom stereocenters. The van der Waals surface area contributed by atoms with Crippen molar-refractivity contribution in [3.63, 3.8) is 0 Å². The van der Waals surface area contributed by atoms with Gasteiger partial charge < -0.3 is 0 Å². The maximum atomic E-state index is 11.5. The highest BCUT2D eigenvalue weighted by molar-refractivity contribution is 5.96. The lowest BCUT2D eigenvalue weighted by atomic mass is 10.2. The Morgan fingerprint density at radius 2 is 2.15 bits per heavy atom. The Bertz CT molecular complexity index is 372. The predicted molar refractivity (Wildman–Crippen MR) is 50.8 cm³/mol. The average molecular weight is 172 g/mol. The van der Waals surface area contributed by atoms with Crippen LogP contribution < -0.4 is 0 Å². The van der Waals surface area contributed by atoms with Gasteiger partial charge in [0.25, 0.3) is 5.91 Å². The highest BCUT2D eigenvalue weighted by Crippen LogP contribution is 2.10. The predicted octanol–water partition coefficient (Wildman–Crippen LogP) is 1.38. The topological polar surface area (TPSA) is 32.7 Å². The lowest BCUT2D eigenvalue weighted by Crippen LogP contribution is -2.25. The summed E-state index contributed by atoms with van der Waals surface area (Å²) >= 11 is 0. The van der Waals surface area contributed by atoms with Crippen molar-refractivity contribution in [3.8, 4) is 0 Å². The Hall–Kier alpha value is -1.90. The molecular formula is C10H8N2O. The van der Waals surface area contributed by atoms with E-state index in [4.69, 9.17) is 0 Å². The average Bonchev–Trinajstić information content (AvgIpc) is 2.14. The van der Waals surface area contributed by atoms with E-state index in [1.807, 2.05) is 18.2 Å². The molecule has 0 saturated heterocycles. The number of hydrogen-bond donors (Lipinski definition) is 0. The lowest BCUT2D eigenvalue weighted by Gasteiger charge is -2.19. The maximum Gasteiger partial charge on any atom is 0.255 e. The van der Waals surface area contributed by atoms with Gasteiger partial charge in [0.05, 0.1) is 11.9 Å². The molecule has 0 bridgehead atoms. The lowest BCUT2D eigenvalue weighted by molar-refractivity contribution is -0.121. The van der Waals surface area contributed by atoms with Crippen LogP contribution in [0.25, 0.3) is 0 Å². The van der Waals surface area contributed by atoms with Gasteiger partial charge in [0.2, 0.25) is 0 Å². The van der Waals surface area contributed by atoms with Crippen LogP contribution in [0.2, 0.25) is 0 Å². The SMILES string of the molecule is O=C1C=CC=CC=C2C=NC=CN12. The maximum absolute atomic E-state index is 11.5. The zero-order chi connectivity index (χ0) is 9.10. The Morgan fingerprint density at radius 3 is 3.08 bits per heavy atom. The van der Waals surface area contributed by atoms with E-state index in [2.05, 4.69) is 4.99 Å². The van der Waals surface area contributed by atoms with Crippen molar-refractivity contribution in [1.29, 1.82) is 0 Å². The first-order valence-electron chi connectivity index (χ1n) is 3.96. The van der Waals surface area contributed by atoms with Gasteiger partial charge in [-0.1, -0.05) is 18.2 Å². The molecule has 13 heavy (non-hydrogen) atoms. The third-order valence-electron chi connectivity index (χ3n) is 1.75. The van der Waals surface area contributed by atoms with Gasteiger partial charge in [-0.3, -0.25) is 14.7 Å². The zero-order valence-electron chi connectivity index (χ0n) is 6.92. The summed E-state index contributed by atoms with van der Waals surface area (Å²) in [6, 6.07) is 0. The Balaban J connectivity index is 2.43. The van der Waals surface area contributed by atoms with Gasteiger partial charge in [-0.2, -0.15) is 0 Å². The van der Waals surface area contributed by atoms with Crippen LogP contribution in [0.3, 0.4) is 0 Å². The van der Waals surface area contributed by atoms with Gasteiger partial charge in [0.15, 0.2) is 0 Å². The van der Waals surface area contributed by atoms with E-state index >= 15 is 0 Å². The van der Waals surface area contributed by atoms with Crippen molar-refractivity contribution in [2.75, 3.05) is 0 Å². The number of amides is 1. The number of nitrogens with zero attached hydrogens (tertiary/aromatic N) is 2. The molecule has 64 valence electrons. The largest absolute Gasteiger partial charge is 0.281 e. The Labute approximate surface area is 76.1 Å². The van der Waals surface area contributed by atoms with Crippen LogP contribution in [0.5, 0.6) is 0 Å². The van der Waals surface area contributed by atoms with Gasteiger partial charge in [0, 0.05) is 18.5 Å². The van der Waals surface area contributed by atoms with Crippen LogP contribution in [0.1, 0.15) is 0 Å². The minimum absolute atomic E-state index is 0.0574. The number of allylic oxidation sites excluding steroid dienone is 5. The van der Waals surface area contributed by atoms with Crippen molar-refractivity contribution in [3.05, 3.63) is 48.5 Å². The third-order valence-corrected chi connectivity index (χ3v) is 1.75. The van der Waals surface area contributed by atoms with E-state index < -0.39 is 0 Å². The monoisotopic (exact) mass is 172 g/mol. The second-order valence-corrected chi connectivity index (χ2v) is 2.62. The summed E-state index contributed by atoms with van der Waals surface area (Å²) < 4.78 is 0. The fourth-order valence-electron chi connectivity index (χ4n) is 1.13. The molecule has 0 aliphatic carbocycles. The standard InChI is InChI=1S/C10H8N2O/c13-10-5-3-1-2-4-9-8-11-6-7-12(9)10/h1-8H. The van der Waals surface area contributed by atoms with Gasteiger partial charge in [-0.25, -0.2) is 0 Å². The van der Waals surface area contributed by atoms with Crippen molar-refractivity contribution in [1.82, 2.24) is 4.90 Å². The Kier molecular flexibility index (Phi) is 1.92. The Morgan fingerprint density at radius 1 is 1.23 bits per heavy atom. The van der Waals surface area contributed by atoms with Gasteiger partial charge in [-0.15, -0.1) is 0 Å². The number of aliphatic imine (C=N–C) groups is 1. The summed E-state index contributed by atoms with van der Waals surface area (Å²) in [5.41, 5.74) is 0.785.